The number of ether oxygens (including phenoxy) is 1. The van der Waals surface area contributed by atoms with E-state index in [2.05, 4.69) is 15.4 Å². The summed E-state index contributed by atoms with van der Waals surface area (Å²) in [6, 6.07) is 3.48. The zero-order valence-corrected chi connectivity index (χ0v) is 12.0. The van der Waals surface area contributed by atoms with Gasteiger partial charge in [-0.25, -0.2) is 9.67 Å². The Kier molecular flexibility index (Phi) is 4.70. The number of rotatable bonds is 5. The van der Waals surface area contributed by atoms with E-state index in [1.54, 1.807) is 29.2 Å². The van der Waals surface area contributed by atoms with Crippen molar-refractivity contribution in [1.29, 1.82) is 0 Å². The number of hydrogen-bond acceptors (Lipinski definition) is 4. The highest BCUT2D eigenvalue weighted by Crippen LogP contribution is 2.12. The summed E-state index contributed by atoms with van der Waals surface area (Å²) in [5.74, 6) is 0.406. The lowest BCUT2D eigenvalue weighted by Crippen LogP contribution is -2.20. The monoisotopic (exact) mass is 294 g/mol. The molecule has 0 aliphatic heterocycles. The van der Waals surface area contributed by atoms with Crippen molar-refractivity contribution >= 4 is 23.2 Å². The van der Waals surface area contributed by atoms with Crippen molar-refractivity contribution in [3.63, 3.8) is 0 Å². The number of pyridine rings is 1. The predicted molar refractivity (Wildman–Crippen MR) is 76.1 cm³/mol. The second-order valence-corrected chi connectivity index (χ2v) is 4.85. The van der Waals surface area contributed by atoms with Gasteiger partial charge in [0.15, 0.2) is 5.82 Å². The van der Waals surface area contributed by atoms with Crippen LogP contribution in [0.25, 0.3) is 5.82 Å². The fraction of sp³-hybridized carbons (Fsp3) is 0.308. The molecule has 1 amide bonds. The van der Waals surface area contributed by atoms with Gasteiger partial charge in [-0.1, -0.05) is 11.6 Å². The van der Waals surface area contributed by atoms with Gasteiger partial charge in [0.05, 0.1) is 35.4 Å². The summed E-state index contributed by atoms with van der Waals surface area (Å²) in [5, 5.41) is 7.28. The second kappa shape index (κ2) is 6.49. The largest absolute Gasteiger partial charge is 0.369 e. The van der Waals surface area contributed by atoms with E-state index in [-0.39, 0.29) is 18.6 Å². The Morgan fingerprint density at radius 3 is 2.80 bits per heavy atom. The van der Waals surface area contributed by atoms with Gasteiger partial charge >= 0.3 is 0 Å². The number of aromatic nitrogens is 3. The Hall–Kier alpha value is -1.92. The highest BCUT2D eigenvalue weighted by atomic mass is 35.5. The van der Waals surface area contributed by atoms with Crippen molar-refractivity contribution < 1.29 is 9.53 Å². The van der Waals surface area contributed by atoms with Crippen LogP contribution in [0.3, 0.4) is 0 Å². The lowest BCUT2D eigenvalue weighted by molar-refractivity contribution is -0.121. The Balaban J connectivity index is 1.96. The van der Waals surface area contributed by atoms with Gasteiger partial charge < -0.3 is 10.1 Å². The molecule has 0 bridgehead atoms. The average molecular weight is 295 g/mol. The number of nitrogens with one attached hydrogen (secondary N) is 1. The standard InChI is InChI=1S/C13H15ClN4O2/c1-9(2)20-8-13(19)17-11-3-4-12(15-6-11)18-7-10(14)5-16-18/h3-7,9H,8H2,1-2H3,(H,17,19). The van der Waals surface area contributed by atoms with E-state index in [4.69, 9.17) is 16.3 Å². The Morgan fingerprint density at radius 1 is 1.45 bits per heavy atom. The molecule has 0 radical (unpaired) electrons. The number of anilines is 1. The molecule has 0 fully saturated rings. The molecule has 6 nitrogen and oxygen atoms in total. The number of carbonyl (C=O) groups is 1. The van der Waals surface area contributed by atoms with E-state index in [0.717, 1.165) is 0 Å². The molecule has 0 spiro atoms. The maximum absolute atomic E-state index is 11.6. The summed E-state index contributed by atoms with van der Waals surface area (Å²) >= 11 is 5.79. The first-order valence-electron chi connectivity index (χ1n) is 6.12. The SMILES string of the molecule is CC(C)OCC(=O)Nc1ccc(-n2cc(Cl)cn2)nc1. The van der Waals surface area contributed by atoms with E-state index in [1.807, 2.05) is 13.8 Å². The summed E-state index contributed by atoms with van der Waals surface area (Å²) in [5.41, 5.74) is 0.601. The van der Waals surface area contributed by atoms with E-state index in [0.29, 0.717) is 16.5 Å². The van der Waals surface area contributed by atoms with Crippen LogP contribution in [0.5, 0.6) is 0 Å². The molecular weight excluding hydrogens is 280 g/mol. The predicted octanol–water partition coefficient (Wildman–Crippen LogP) is 2.28. The van der Waals surface area contributed by atoms with Crippen LogP contribution in [-0.4, -0.2) is 33.4 Å². The Bertz CT molecular complexity index is 580. The molecule has 0 aliphatic rings. The molecule has 0 saturated heterocycles. The molecule has 0 atom stereocenters. The number of carbonyl (C=O) groups excluding carboxylic acids is 1. The van der Waals surface area contributed by atoms with Crippen molar-refractivity contribution in [3.05, 3.63) is 35.7 Å². The quantitative estimate of drug-likeness (QED) is 0.918. The molecule has 0 aliphatic carbocycles. The van der Waals surface area contributed by atoms with Crippen LogP contribution in [0, 0.1) is 0 Å². The minimum atomic E-state index is -0.213. The van der Waals surface area contributed by atoms with Gasteiger partial charge in [-0.3, -0.25) is 4.79 Å². The van der Waals surface area contributed by atoms with Gasteiger partial charge in [0.1, 0.15) is 6.61 Å². The third kappa shape index (κ3) is 4.04. The fourth-order valence-corrected chi connectivity index (χ4v) is 1.60. The first kappa shape index (κ1) is 14.5. The molecular formula is C13H15ClN4O2. The Labute approximate surface area is 121 Å². The smallest absolute Gasteiger partial charge is 0.250 e. The van der Waals surface area contributed by atoms with Crippen LogP contribution in [-0.2, 0) is 9.53 Å². The van der Waals surface area contributed by atoms with Gasteiger partial charge in [0.25, 0.3) is 0 Å². The molecule has 106 valence electrons. The molecule has 7 heteroatoms. The third-order valence-electron chi connectivity index (χ3n) is 2.37. The summed E-state index contributed by atoms with van der Waals surface area (Å²) in [4.78, 5) is 15.8. The zero-order chi connectivity index (χ0) is 14.5. The highest BCUT2D eigenvalue weighted by molar-refractivity contribution is 6.30. The van der Waals surface area contributed by atoms with Gasteiger partial charge in [0.2, 0.25) is 5.91 Å². The number of nitrogens with zero attached hydrogens (tertiary/aromatic N) is 3. The highest BCUT2D eigenvalue weighted by Gasteiger charge is 2.05. The molecule has 0 unspecified atom stereocenters. The zero-order valence-electron chi connectivity index (χ0n) is 11.2. The second-order valence-electron chi connectivity index (χ2n) is 4.42. The van der Waals surface area contributed by atoms with Crippen molar-refractivity contribution in [3.8, 4) is 5.82 Å². The lowest BCUT2D eigenvalue weighted by atomic mass is 10.4. The summed E-state index contributed by atoms with van der Waals surface area (Å²) in [7, 11) is 0. The van der Waals surface area contributed by atoms with E-state index in [1.165, 1.54) is 6.20 Å². The molecule has 1 N–H and O–H groups in total. The van der Waals surface area contributed by atoms with Crippen LogP contribution in [0.1, 0.15) is 13.8 Å². The average Bonchev–Trinajstić information content (AvgIpc) is 2.84. The molecule has 2 aromatic heterocycles. The topological polar surface area (TPSA) is 69.0 Å². The van der Waals surface area contributed by atoms with Gasteiger partial charge in [-0.05, 0) is 26.0 Å². The van der Waals surface area contributed by atoms with E-state index in [9.17, 15) is 4.79 Å². The van der Waals surface area contributed by atoms with Crippen LogP contribution in [0.2, 0.25) is 5.02 Å². The lowest BCUT2D eigenvalue weighted by Gasteiger charge is -2.08. The van der Waals surface area contributed by atoms with Crippen LogP contribution in [0.15, 0.2) is 30.7 Å². The van der Waals surface area contributed by atoms with E-state index < -0.39 is 0 Å². The molecule has 0 aromatic carbocycles. The molecule has 2 rings (SSSR count). The van der Waals surface area contributed by atoms with Crippen molar-refractivity contribution in [2.75, 3.05) is 11.9 Å². The van der Waals surface area contributed by atoms with Gasteiger partial charge in [-0.2, -0.15) is 5.10 Å². The van der Waals surface area contributed by atoms with Gasteiger partial charge in [0, 0.05) is 0 Å². The normalized spacial score (nSPS) is 10.8. The van der Waals surface area contributed by atoms with Gasteiger partial charge in [-0.15, -0.1) is 0 Å². The summed E-state index contributed by atoms with van der Waals surface area (Å²) in [6.07, 6.45) is 4.75. The number of amides is 1. The number of hydrogen-bond donors (Lipinski definition) is 1. The molecule has 2 aromatic rings. The minimum Gasteiger partial charge on any atom is -0.369 e. The summed E-state index contributed by atoms with van der Waals surface area (Å²) < 4.78 is 6.76. The Morgan fingerprint density at radius 2 is 2.25 bits per heavy atom. The minimum absolute atomic E-state index is 0.0193. The number of halogens is 1. The molecule has 0 saturated carbocycles. The fourth-order valence-electron chi connectivity index (χ4n) is 1.46. The van der Waals surface area contributed by atoms with Crippen LogP contribution >= 0.6 is 11.6 Å². The van der Waals surface area contributed by atoms with Crippen molar-refractivity contribution in [1.82, 2.24) is 14.8 Å². The third-order valence-corrected chi connectivity index (χ3v) is 2.56. The maximum Gasteiger partial charge on any atom is 0.250 e. The first-order chi connectivity index (χ1) is 9.54. The first-order valence-corrected chi connectivity index (χ1v) is 6.50. The summed E-state index contributed by atoms with van der Waals surface area (Å²) in [6.45, 7) is 3.77. The maximum atomic E-state index is 11.6. The van der Waals surface area contributed by atoms with Crippen LogP contribution < -0.4 is 5.32 Å². The van der Waals surface area contributed by atoms with E-state index >= 15 is 0 Å². The molecule has 2 heterocycles. The molecule has 20 heavy (non-hydrogen) atoms. The van der Waals surface area contributed by atoms with Crippen molar-refractivity contribution in [2.45, 2.75) is 20.0 Å². The van der Waals surface area contributed by atoms with Crippen LogP contribution in [0.4, 0.5) is 5.69 Å². The van der Waals surface area contributed by atoms with Crippen molar-refractivity contribution in [2.24, 2.45) is 0 Å².